The summed E-state index contributed by atoms with van der Waals surface area (Å²) in [6.45, 7) is 2.27. The largest absolute Gasteiger partial charge is 0.274 e. The molecule has 3 N–H and O–H groups in total. The molecule has 58 valence electrons. The van der Waals surface area contributed by atoms with Crippen LogP contribution in [0.3, 0.4) is 0 Å². The van der Waals surface area contributed by atoms with E-state index in [0.29, 0.717) is 6.54 Å². The van der Waals surface area contributed by atoms with Gasteiger partial charge in [-0.25, -0.2) is 9.86 Å². The zero-order chi connectivity index (χ0) is 6.62. The van der Waals surface area contributed by atoms with Gasteiger partial charge in [-0.15, -0.1) is 12.4 Å². The maximum absolute atomic E-state index is 10.1. The molecule has 0 aromatic rings. The van der Waals surface area contributed by atoms with E-state index in [1.807, 2.05) is 6.92 Å². The van der Waals surface area contributed by atoms with Gasteiger partial charge in [0.25, 0.3) is 10.2 Å². The Morgan fingerprint density at radius 3 is 2.11 bits per heavy atom. The molecule has 0 saturated carbocycles. The molecule has 0 amide bonds. The Hall–Kier alpha value is 0.160. The van der Waals surface area contributed by atoms with E-state index in [0.717, 1.165) is 6.42 Å². The molecule has 0 aliphatic rings. The Bertz CT molecular complexity index is 144. The summed E-state index contributed by atoms with van der Waals surface area (Å²) < 4.78 is 22.2. The monoisotopic (exact) mass is 174 g/mol. The van der Waals surface area contributed by atoms with Gasteiger partial charge in [0.05, 0.1) is 0 Å². The predicted octanol–water partition coefficient (Wildman–Crippen LogP) is -0.389. The summed E-state index contributed by atoms with van der Waals surface area (Å²) in [5.74, 6) is 0. The van der Waals surface area contributed by atoms with E-state index >= 15 is 0 Å². The molecule has 0 heterocycles. The van der Waals surface area contributed by atoms with Gasteiger partial charge in [0.2, 0.25) is 0 Å². The molecule has 9 heavy (non-hydrogen) atoms. The molecule has 0 fully saturated rings. The molecule has 0 aromatic heterocycles. The first-order valence-electron chi connectivity index (χ1n) is 2.33. The number of rotatable bonds is 3. The lowest BCUT2D eigenvalue weighted by atomic mass is 10.5. The summed E-state index contributed by atoms with van der Waals surface area (Å²) >= 11 is 0. The third kappa shape index (κ3) is 11.6. The summed E-state index contributed by atoms with van der Waals surface area (Å²) in [6, 6.07) is 0. The van der Waals surface area contributed by atoms with Crippen LogP contribution >= 0.6 is 12.4 Å². The van der Waals surface area contributed by atoms with E-state index in [1.165, 1.54) is 0 Å². The molecule has 0 atom stereocenters. The van der Waals surface area contributed by atoms with Crippen LogP contribution in [0, 0.1) is 0 Å². The Morgan fingerprint density at radius 2 is 2.00 bits per heavy atom. The van der Waals surface area contributed by atoms with Crippen molar-refractivity contribution in [1.29, 1.82) is 0 Å². The van der Waals surface area contributed by atoms with Crippen LogP contribution < -0.4 is 9.86 Å². The highest BCUT2D eigenvalue weighted by molar-refractivity contribution is 7.87. The average molecular weight is 175 g/mol. The molecule has 0 radical (unpaired) electrons. The highest BCUT2D eigenvalue weighted by atomic mass is 35.5. The van der Waals surface area contributed by atoms with Crippen LogP contribution in [0.1, 0.15) is 13.3 Å². The van der Waals surface area contributed by atoms with Crippen molar-refractivity contribution >= 4 is 22.6 Å². The SMILES string of the molecule is CCCNS(N)(=O)=O.Cl. The lowest BCUT2D eigenvalue weighted by Gasteiger charge is -1.95. The van der Waals surface area contributed by atoms with Crippen LogP contribution in [0.4, 0.5) is 0 Å². The summed E-state index contributed by atoms with van der Waals surface area (Å²) in [5, 5.41) is 4.58. The standard InChI is InChI=1S/C3H10N2O2S.ClH/c1-2-3-5-8(4,6)7;/h5H,2-3H2,1H3,(H2,4,6,7);1H. The van der Waals surface area contributed by atoms with Crippen molar-refractivity contribution in [2.75, 3.05) is 6.54 Å². The molecule has 0 spiro atoms. The minimum atomic E-state index is -3.44. The van der Waals surface area contributed by atoms with Crippen LogP contribution in [0.2, 0.25) is 0 Å². The fraction of sp³-hybridized carbons (Fsp3) is 1.00. The van der Waals surface area contributed by atoms with Crippen molar-refractivity contribution < 1.29 is 8.42 Å². The van der Waals surface area contributed by atoms with E-state index in [9.17, 15) is 8.42 Å². The average Bonchev–Trinajstić information content (AvgIpc) is 1.59. The maximum Gasteiger partial charge on any atom is 0.274 e. The Labute approximate surface area is 61.4 Å². The van der Waals surface area contributed by atoms with Crippen LogP contribution in [0.5, 0.6) is 0 Å². The zero-order valence-electron chi connectivity index (χ0n) is 5.12. The lowest BCUT2D eigenvalue weighted by Crippen LogP contribution is -2.31. The highest BCUT2D eigenvalue weighted by Crippen LogP contribution is 1.71. The van der Waals surface area contributed by atoms with Gasteiger partial charge in [-0.1, -0.05) is 6.92 Å². The predicted molar refractivity (Wildman–Crippen MR) is 38.6 cm³/mol. The lowest BCUT2D eigenvalue weighted by molar-refractivity contribution is 0.582. The molecule has 4 nitrogen and oxygen atoms in total. The maximum atomic E-state index is 10.1. The molecular formula is C3H11ClN2O2S. The van der Waals surface area contributed by atoms with Gasteiger partial charge in [-0.2, -0.15) is 8.42 Å². The molecule has 0 aliphatic heterocycles. The van der Waals surface area contributed by atoms with Crippen molar-refractivity contribution in [3.05, 3.63) is 0 Å². The molecule has 0 saturated heterocycles. The summed E-state index contributed by atoms with van der Waals surface area (Å²) in [4.78, 5) is 0. The van der Waals surface area contributed by atoms with Crippen LogP contribution in [-0.4, -0.2) is 15.0 Å². The van der Waals surface area contributed by atoms with Crippen LogP contribution in [0.15, 0.2) is 0 Å². The molecule has 6 heteroatoms. The van der Waals surface area contributed by atoms with Gasteiger partial charge in [0.1, 0.15) is 0 Å². The minimum absolute atomic E-state index is 0. The summed E-state index contributed by atoms with van der Waals surface area (Å²) in [7, 11) is -3.44. The zero-order valence-corrected chi connectivity index (χ0v) is 6.76. The van der Waals surface area contributed by atoms with E-state index in [4.69, 9.17) is 0 Å². The van der Waals surface area contributed by atoms with Crippen molar-refractivity contribution in [1.82, 2.24) is 4.72 Å². The fourth-order valence-electron chi connectivity index (χ4n) is 0.244. The third-order valence-electron chi connectivity index (χ3n) is 0.553. The first kappa shape index (κ1) is 11.9. The molecule has 0 aromatic carbocycles. The molecular weight excluding hydrogens is 164 g/mol. The van der Waals surface area contributed by atoms with Gasteiger partial charge in [-0.3, -0.25) is 0 Å². The summed E-state index contributed by atoms with van der Waals surface area (Å²) in [5.41, 5.74) is 0. The van der Waals surface area contributed by atoms with Crippen molar-refractivity contribution in [3.63, 3.8) is 0 Å². The number of hydrogen-bond donors (Lipinski definition) is 2. The molecule has 0 rings (SSSR count). The first-order chi connectivity index (χ1) is 3.56. The number of halogens is 1. The van der Waals surface area contributed by atoms with E-state index in [2.05, 4.69) is 9.86 Å². The second-order valence-corrected chi connectivity index (χ2v) is 2.82. The van der Waals surface area contributed by atoms with Crippen molar-refractivity contribution in [2.45, 2.75) is 13.3 Å². The van der Waals surface area contributed by atoms with Gasteiger partial charge in [-0.05, 0) is 6.42 Å². The topological polar surface area (TPSA) is 72.2 Å². The van der Waals surface area contributed by atoms with Crippen LogP contribution in [-0.2, 0) is 10.2 Å². The third-order valence-corrected chi connectivity index (χ3v) is 1.16. The highest BCUT2D eigenvalue weighted by Gasteiger charge is 1.95. The second kappa shape index (κ2) is 4.99. The Balaban J connectivity index is 0. The number of nitrogens with two attached hydrogens (primary N) is 1. The van der Waals surface area contributed by atoms with Crippen LogP contribution in [0.25, 0.3) is 0 Å². The van der Waals surface area contributed by atoms with Gasteiger partial charge in [0, 0.05) is 6.54 Å². The first-order valence-corrected chi connectivity index (χ1v) is 3.88. The molecule has 0 aliphatic carbocycles. The van der Waals surface area contributed by atoms with Crippen molar-refractivity contribution in [2.24, 2.45) is 5.14 Å². The molecule has 0 unspecified atom stereocenters. The van der Waals surface area contributed by atoms with Gasteiger partial charge in [0.15, 0.2) is 0 Å². The van der Waals surface area contributed by atoms with E-state index in [1.54, 1.807) is 0 Å². The van der Waals surface area contributed by atoms with Crippen molar-refractivity contribution in [3.8, 4) is 0 Å². The normalized spacial score (nSPS) is 10.4. The second-order valence-electron chi connectivity index (χ2n) is 1.44. The summed E-state index contributed by atoms with van der Waals surface area (Å²) in [6.07, 6.45) is 0.760. The van der Waals surface area contributed by atoms with Gasteiger partial charge >= 0.3 is 0 Å². The Kier molecular flexibility index (Phi) is 6.59. The van der Waals surface area contributed by atoms with E-state index in [-0.39, 0.29) is 12.4 Å². The Morgan fingerprint density at radius 1 is 1.56 bits per heavy atom. The smallest absolute Gasteiger partial charge is 0.216 e. The fourth-order valence-corrected chi connectivity index (χ4v) is 0.733. The number of hydrogen-bond acceptors (Lipinski definition) is 2. The minimum Gasteiger partial charge on any atom is -0.216 e. The van der Waals surface area contributed by atoms with Gasteiger partial charge < -0.3 is 0 Å². The number of nitrogens with one attached hydrogen (secondary N) is 1. The van der Waals surface area contributed by atoms with E-state index < -0.39 is 10.2 Å². The quantitative estimate of drug-likeness (QED) is 0.612. The molecule has 0 bridgehead atoms.